The quantitative estimate of drug-likeness (QED) is 0.722. The van der Waals surface area contributed by atoms with Gasteiger partial charge in [0.25, 0.3) is 5.91 Å². The maximum absolute atomic E-state index is 12.3. The number of nitrogens with zero attached hydrogens (tertiary/aromatic N) is 2. The van der Waals surface area contributed by atoms with Crippen LogP contribution in [-0.2, 0) is 0 Å². The highest BCUT2D eigenvalue weighted by atomic mass is 16.3. The second kappa shape index (κ2) is 6.62. The van der Waals surface area contributed by atoms with Crippen molar-refractivity contribution < 1.29 is 9.90 Å². The molecule has 1 aliphatic carbocycles. The molecule has 1 amide bonds. The Hall–Kier alpha value is -1.66. The van der Waals surface area contributed by atoms with Crippen molar-refractivity contribution in [3.05, 3.63) is 29.9 Å². The molecule has 0 spiro atoms. The zero-order valence-corrected chi connectivity index (χ0v) is 13.0. The third-order valence-electron chi connectivity index (χ3n) is 4.67. The first kappa shape index (κ1) is 15.2. The molecule has 3 rings (SSSR count). The molecule has 2 aliphatic rings. The summed E-state index contributed by atoms with van der Waals surface area (Å²) in [4.78, 5) is 22.2. The van der Waals surface area contributed by atoms with Crippen LogP contribution in [0.3, 0.4) is 0 Å². The SMILES string of the molecule is CN1CCC(c2ncc(C(=O)N[C@@H]3C=C[C@H](CO)C3)[nH]2)CC1. The van der Waals surface area contributed by atoms with Crippen LogP contribution in [0.1, 0.15) is 41.5 Å². The predicted octanol–water partition coefficient (Wildman–Crippen LogP) is 0.886. The minimum Gasteiger partial charge on any atom is -0.396 e. The number of carbonyl (C=O) groups is 1. The molecule has 0 aromatic carbocycles. The number of aromatic nitrogens is 2. The second-order valence-corrected chi connectivity index (χ2v) is 6.40. The van der Waals surface area contributed by atoms with Gasteiger partial charge in [0.2, 0.25) is 0 Å². The van der Waals surface area contributed by atoms with Gasteiger partial charge in [-0.25, -0.2) is 4.98 Å². The van der Waals surface area contributed by atoms with E-state index in [9.17, 15) is 4.79 Å². The average molecular weight is 304 g/mol. The van der Waals surface area contributed by atoms with Crippen molar-refractivity contribution in [1.82, 2.24) is 20.2 Å². The van der Waals surface area contributed by atoms with Crippen LogP contribution in [0.4, 0.5) is 0 Å². The summed E-state index contributed by atoms with van der Waals surface area (Å²) in [7, 11) is 2.13. The zero-order chi connectivity index (χ0) is 15.5. The summed E-state index contributed by atoms with van der Waals surface area (Å²) in [5, 5.41) is 12.1. The Morgan fingerprint density at radius 1 is 1.45 bits per heavy atom. The average Bonchev–Trinajstić information content (AvgIpc) is 3.17. The number of imidazole rings is 1. The Morgan fingerprint density at radius 3 is 2.91 bits per heavy atom. The summed E-state index contributed by atoms with van der Waals surface area (Å²) < 4.78 is 0. The van der Waals surface area contributed by atoms with Crippen molar-refractivity contribution in [2.45, 2.75) is 31.2 Å². The number of hydrogen-bond acceptors (Lipinski definition) is 4. The van der Waals surface area contributed by atoms with Gasteiger partial charge in [-0.1, -0.05) is 12.2 Å². The Labute approximate surface area is 130 Å². The molecule has 120 valence electrons. The van der Waals surface area contributed by atoms with E-state index in [1.807, 2.05) is 12.2 Å². The number of rotatable bonds is 4. The summed E-state index contributed by atoms with van der Waals surface area (Å²) >= 11 is 0. The van der Waals surface area contributed by atoms with Crippen LogP contribution in [0.5, 0.6) is 0 Å². The molecule has 0 saturated carbocycles. The molecule has 2 atom stereocenters. The van der Waals surface area contributed by atoms with Crippen LogP contribution >= 0.6 is 0 Å². The molecule has 2 heterocycles. The first-order valence-corrected chi connectivity index (χ1v) is 7.99. The van der Waals surface area contributed by atoms with E-state index < -0.39 is 0 Å². The van der Waals surface area contributed by atoms with E-state index >= 15 is 0 Å². The lowest BCUT2D eigenvalue weighted by atomic mass is 9.97. The predicted molar refractivity (Wildman–Crippen MR) is 83.6 cm³/mol. The van der Waals surface area contributed by atoms with Crippen molar-refractivity contribution in [3.8, 4) is 0 Å². The first-order valence-electron chi connectivity index (χ1n) is 7.99. The van der Waals surface area contributed by atoms with Gasteiger partial charge in [-0.15, -0.1) is 0 Å². The summed E-state index contributed by atoms with van der Waals surface area (Å²) in [6, 6.07) is -0.000250. The van der Waals surface area contributed by atoms with Gasteiger partial charge in [0.15, 0.2) is 0 Å². The topological polar surface area (TPSA) is 81.2 Å². The number of nitrogens with one attached hydrogen (secondary N) is 2. The molecule has 1 fully saturated rings. The fourth-order valence-electron chi connectivity index (χ4n) is 3.20. The fraction of sp³-hybridized carbons (Fsp3) is 0.625. The molecule has 3 N–H and O–H groups in total. The molecule has 0 radical (unpaired) electrons. The summed E-state index contributed by atoms with van der Waals surface area (Å²) in [5.74, 6) is 1.37. The second-order valence-electron chi connectivity index (χ2n) is 6.40. The monoisotopic (exact) mass is 304 g/mol. The number of amides is 1. The minimum absolute atomic E-state index is 0.000250. The maximum atomic E-state index is 12.3. The van der Waals surface area contributed by atoms with Crippen LogP contribution < -0.4 is 5.32 Å². The van der Waals surface area contributed by atoms with E-state index in [0.717, 1.165) is 38.2 Å². The molecular weight excluding hydrogens is 280 g/mol. The van der Waals surface area contributed by atoms with Gasteiger partial charge >= 0.3 is 0 Å². The molecule has 6 nitrogen and oxygen atoms in total. The number of H-pyrrole nitrogens is 1. The Kier molecular flexibility index (Phi) is 4.59. The van der Waals surface area contributed by atoms with Gasteiger partial charge in [0.1, 0.15) is 11.5 Å². The number of likely N-dealkylation sites (tertiary alicyclic amines) is 1. The molecule has 22 heavy (non-hydrogen) atoms. The lowest BCUT2D eigenvalue weighted by Crippen LogP contribution is -2.33. The molecule has 0 bridgehead atoms. The molecule has 6 heteroatoms. The molecular formula is C16H24N4O2. The number of carbonyl (C=O) groups excluding carboxylic acids is 1. The molecule has 1 saturated heterocycles. The van der Waals surface area contributed by atoms with Crippen LogP contribution in [0.2, 0.25) is 0 Å². The van der Waals surface area contributed by atoms with Crippen LogP contribution in [-0.4, -0.2) is 58.7 Å². The number of aliphatic hydroxyl groups is 1. The normalized spacial score (nSPS) is 26.5. The summed E-state index contributed by atoms with van der Waals surface area (Å²) in [6.07, 6.45) is 8.46. The van der Waals surface area contributed by atoms with Crippen molar-refractivity contribution in [1.29, 1.82) is 0 Å². The third-order valence-corrected chi connectivity index (χ3v) is 4.67. The van der Waals surface area contributed by atoms with Gasteiger partial charge in [-0.05, 0) is 39.4 Å². The van der Waals surface area contributed by atoms with Crippen molar-refractivity contribution >= 4 is 5.91 Å². The standard InChI is InChI=1S/C16H24N4O2/c1-20-6-4-12(5-7-20)15-17-9-14(19-15)16(22)18-13-3-2-11(8-13)10-21/h2-3,9,11-13,21H,4-8,10H2,1H3,(H,17,19)(H,18,22)/t11-,13+/m0/s1. The number of aliphatic hydroxyl groups excluding tert-OH is 1. The lowest BCUT2D eigenvalue weighted by Gasteiger charge is -2.27. The molecule has 1 aromatic rings. The smallest absolute Gasteiger partial charge is 0.269 e. The fourth-order valence-corrected chi connectivity index (χ4v) is 3.20. The van der Waals surface area contributed by atoms with Gasteiger partial charge in [-0.3, -0.25) is 4.79 Å². The van der Waals surface area contributed by atoms with Crippen LogP contribution in [0.15, 0.2) is 18.3 Å². The molecule has 1 aromatic heterocycles. The van der Waals surface area contributed by atoms with E-state index in [4.69, 9.17) is 5.11 Å². The van der Waals surface area contributed by atoms with E-state index in [-0.39, 0.29) is 24.5 Å². The van der Waals surface area contributed by atoms with Crippen LogP contribution in [0.25, 0.3) is 0 Å². The van der Waals surface area contributed by atoms with Gasteiger partial charge in [0.05, 0.1) is 6.20 Å². The number of hydrogen-bond donors (Lipinski definition) is 3. The van der Waals surface area contributed by atoms with E-state index in [1.165, 1.54) is 0 Å². The Bertz CT molecular complexity index is 546. The third kappa shape index (κ3) is 3.39. The lowest BCUT2D eigenvalue weighted by molar-refractivity contribution is 0.0936. The highest BCUT2D eigenvalue weighted by Gasteiger charge is 2.24. The van der Waals surface area contributed by atoms with Gasteiger partial charge < -0.3 is 20.3 Å². The number of piperidine rings is 1. The van der Waals surface area contributed by atoms with E-state index in [2.05, 4.69) is 27.2 Å². The molecule has 0 unspecified atom stereocenters. The van der Waals surface area contributed by atoms with Crippen LogP contribution in [0, 0.1) is 5.92 Å². The number of aromatic amines is 1. The minimum atomic E-state index is -0.125. The Balaban J connectivity index is 1.57. The summed E-state index contributed by atoms with van der Waals surface area (Å²) in [5.41, 5.74) is 0.523. The van der Waals surface area contributed by atoms with Crippen molar-refractivity contribution in [3.63, 3.8) is 0 Å². The first-order chi connectivity index (χ1) is 10.7. The Morgan fingerprint density at radius 2 is 2.23 bits per heavy atom. The zero-order valence-electron chi connectivity index (χ0n) is 13.0. The van der Waals surface area contributed by atoms with Gasteiger partial charge in [-0.2, -0.15) is 0 Å². The highest BCUT2D eigenvalue weighted by Crippen LogP contribution is 2.25. The highest BCUT2D eigenvalue weighted by molar-refractivity contribution is 5.92. The molecule has 1 aliphatic heterocycles. The van der Waals surface area contributed by atoms with Crippen molar-refractivity contribution in [2.75, 3.05) is 26.7 Å². The van der Waals surface area contributed by atoms with Gasteiger partial charge in [0, 0.05) is 24.5 Å². The van der Waals surface area contributed by atoms with Crippen molar-refractivity contribution in [2.24, 2.45) is 5.92 Å². The maximum Gasteiger partial charge on any atom is 0.269 e. The largest absolute Gasteiger partial charge is 0.396 e. The van der Waals surface area contributed by atoms with E-state index in [0.29, 0.717) is 11.6 Å². The van der Waals surface area contributed by atoms with E-state index in [1.54, 1.807) is 6.20 Å². The summed E-state index contributed by atoms with van der Waals surface area (Å²) in [6.45, 7) is 2.28.